The van der Waals surface area contributed by atoms with Gasteiger partial charge in [0.1, 0.15) is 0 Å². The van der Waals surface area contributed by atoms with Crippen LogP contribution in [0, 0.1) is 0 Å². The first-order valence-electron chi connectivity index (χ1n) is 4.64. The molecule has 2 nitrogen and oxygen atoms in total. The fourth-order valence-electron chi connectivity index (χ4n) is 1.79. The van der Waals surface area contributed by atoms with E-state index in [0.29, 0.717) is 0 Å². The lowest BCUT2D eigenvalue weighted by atomic mass is 10.2. The zero-order chi connectivity index (χ0) is 10.1. The number of halogens is 1. The van der Waals surface area contributed by atoms with Crippen LogP contribution in [0.2, 0.25) is 5.02 Å². The minimum atomic E-state index is 0.0696. The third-order valence-electron chi connectivity index (χ3n) is 2.43. The Morgan fingerprint density at radius 2 is 2.14 bits per heavy atom. The molecule has 74 valence electrons. The van der Waals surface area contributed by atoms with Gasteiger partial charge in [0.25, 0.3) is 0 Å². The van der Waals surface area contributed by atoms with Crippen LogP contribution in [0.1, 0.15) is 12.6 Å². The second kappa shape index (κ2) is 3.64. The molecule has 0 spiro atoms. The lowest BCUT2D eigenvalue weighted by Crippen LogP contribution is -1.99. The van der Waals surface area contributed by atoms with Gasteiger partial charge in [-0.1, -0.05) is 17.7 Å². The summed E-state index contributed by atoms with van der Waals surface area (Å²) in [6.07, 6.45) is 0. The Morgan fingerprint density at radius 3 is 2.79 bits per heavy atom. The van der Waals surface area contributed by atoms with E-state index in [-0.39, 0.29) is 6.61 Å². The average molecular weight is 210 g/mol. The van der Waals surface area contributed by atoms with Crippen molar-refractivity contribution in [3.05, 3.63) is 35.0 Å². The van der Waals surface area contributed by atoms with Crippen molar-refractivity contribution in [2.75, 3.05) is 0 Å². The molecule has 2 rings (SSSR count). The smallest absolute Gasteiger partial charge is 0.0833 e. The van der Waals surface area contributed by atoms with E-state index in [1.807, 2.05) is 24.3 Å². The van der Waals surface area contributed by atoms with Crippen LogP contribution in [0.4, 0.5) is 0 Å². The molecule has 0 aliphatic carbocycles. The molecule has 0 radical (unpaired) electrons. The van der Waals surface area contributed by atoms with E-state index in [1.165, 1.54) is 0 Å². The number of benzene rings is 1. The minimum Gasteiger partial charge on any atom is -0.390 e. The SMILES string of the molecule is CCn1c(CO)cc2ccc(Cl)cc21. The number of aromatic nitrogens is 1. The zero-order valence-electron chi connectivity index (χ0n) is 8.00. The Kier molecular flexibility index (Phi) is 2.48. The Balaban J connectivity index is 2.74. The number of hydrogen-bond donors (Lipinski definition) is 1. The summed E-state index contributed by atoms with van der Waals surface area (Å²) >= 11 is 5.92. The molecule has 1 heterocycles. The molecule has 0 atom stereocenters. The van der Waals surface area contributed by atoms with Crippen molar-refractivity contribution in [3.63, 3.8) is 0 Å². The van der Waals surface area contributed by atoms with E-state index < -0.39 is 0 Å². The van der Waals surface area contributed by atoms with Crippen LogP contribution < -0.4 is 0 Å². The number of fused-ring (bicyclic) bond motifs is 1. The van der Waals surface area contributed by atoms with Crippen LogP contribution in [0.5, 0.6) is 0 Å². The predicted molar refractivity (Wildman–Crippen MR) is 58.5 cm³/mol. The number of rotatable bonds is 2. The van der Waals surface area contributed by atoms with E-state index in [0.717, 1.165) is 28.2 Å². The summed E-state index contributed by atoms with van der Waals surface area (Å²) in [4.78, 5) is 0. The highest BCUT2D eigenvalue weighted by molar-refractivity contribution is 6.31. The van der Waals surface area contributed by atoms with Gasteiger partial charge in [-0.15, -0.1) is 0 Å². The first-order chi connectivity index (χ1) is 6.76. The van der Waals surface area contributed by atoms with E-state index in [9.17, 15) is 0 Å². The third kappa shape index (κ3) is 1.41. The molecular weight excluding hydrogens is 198 g/mol. The predicted octanol–water partition coefficient (Wildman–Crippen LogP) is 2.81. The van der Waals surface area contributed by atoms with Crippen LogP contribution in [0.25, 0.3) is 10.9 Å². The standard InChI is InChI=1S/C11H12ClNO/c1-2-13-10(7-14)5-8-3-4-9(12)6-11(8)13/h3-6,14H,2,7H2,1H3. The number of aliphatic hydroxyl groups excluding tert-OH is 1. The van der Waals surface area contributed by atoms with Gasteiger partial charge in [-0.2, -0.15) is 0 Å². The lowest BCUT2D eigenvalue weighted by Gasteiger charge is -2.04. The van der Waals surface area contributed by atoms with Gasteiger partial charge in [0.05, 0.1) is 6.61 Å². The van der Waals surface area contributed by atoms with Gasteiger partial charge in [0.15, 0.2) is 0 Å². The maximum absolute atomic E-state index is 9.17. The molecule has 0 amide bonds. The van der Waals surface area contributed by atoms with Crippen molar-refractivity contribution < 1.29 is 5.11 Å². The van der Waals surface area contributed by atoms with Gasteiger partial charge >= 0.3 is 0 Å². The van der Waals surface area contributed by atoms with E-state index in [1.54, 1.807) is 0 Å². The molecular formula is C11H12ClNO. The monoisotopic (exact) mass is 209 g/mol. The molecule has 0 fully saturated rings. The molecule has 2 aromatic rings. The van der Waals surface area contributed by atoms with Crippen LogP contribution >= 0.6 is 11.6 Å². The van der Waals surface area contributed by atoms with Gasteiger partial charge < -0.3 is 9.67 Å². The largest absolute Gasteiger partial charge is 0.390 e. The summed E-state index contributed by atoms with van der Waals surface area (Å²) in [6, 6.07) is 7.77. The molecule has 0 saturated heterocycles. The molecule has 3 heteroatoms. The maximum Gasteiger partial charge on any atom is 0.0833 e. The molecule has 1 aromatic carbocycles. The van der Waals surface area contributed by atoms with E-state index in [2.05, 4.69) is 11.5 Å². The van der Waals surface area contributed by atoms with Crippen molar-refractivity contribution in [1.29, 1.82) is 0 Å². The maximum atomic E-state index is 9.17. The Bertz CT molecular complexity index is 462. The normalized spacial score (nSPS) is 11.1. The number of aliphatic hydroxyl groups is 1. The van der Waals surface area contributed by atoms with Crippen molar-refractivity contribution >= 4 is 22.5 Å². The fourth-order valence-corrected chi connectivity index (χ4v) is 1.96. The minimum absolute atomic E-state index is 0.0696. The lowest BCUT2D eigenvalue weighted by molar-refractivity contribution is 0.272. The van der Waals surface area contributed by atoms with E-state index >= 15 is 0 Å². The second-order valence-corrected chi connectivity index (χ2v) is 3.68. The number of nitrogens with zero attached hydrogens (tertiary/aromatic N) is 1. The van der Waals surface area contributed by atoms with Crippen molar-refractivity contribution in [3.8, 4) is 0 Å². The van der Waals surface area contributed by atoms with Crippen molar-refractivity contribution in [1.82, 2.24) is 4.57 Å². The Hall–Kier alpha value is -0.990. The van der Waals surface area contributed by atoms with Gasteiger partial charge in [0, 0.05) is 28.2 Å². The molecule has 0 aliphatic rings. The van der Waals surface area contributed by atoms with E-state index in [4.69, 9.17) is 16.7 Å². The number of hydrogen-bond acceptors (Lipinski definition) is 1. The molecule has 0 saturated carbocycles. The average Bonchev–Trinajstić information content (AvgIpc) is 2.54. The highest BCUT2D eigenvalue weighted by atomic mass is 35.5. The van der Waals surface area contributed by atoms with Gasteiger partial charge in [-0.3, -0.25) is 0 Å². The molecule has 0 aliphatic heterocycles. The summed E-state index contributed by atoms with van der Waals surface area (Å²) in [5, 5.41) is 11.0. The van der Waals surface area contributed by atoms with Crippen LogP contribution in [0.15, 0.2) is 24.3 Å². The van der Waals surface area contributed by atoms with Crippen molar-refractivity contribution in [2.24, 2.45) is 0 Å². The first-order valence-corrected chi connectivity index (χ1v) is 5.02. The zero-order valence-corrected chi connectivity index (χ0v) is 8.75. The summed E-state index contributed by atoms with van der Waals surface area (Å²) in [5.41, 5.74) is 2.02. The summed E-state index contributed by atoms with van der Waals surface area (Å²) in [7, 11) is 0. The Morgan fingerprint density at radius 1 is 1.36 bits per heavy atom. The van der Waals surface area contributed by atoms with Gasteiger partial charge in [-0.05, 0) is 25.1 Å². The second-order valence-electron chi connectivity index (χ2n) is 3.24. The highest BCUT2D eigenvalue weighted by Crippen LogP contribution is 2.23. The number of aryl methyl sites for hydroxylation is 1. The van der Waals surface area contributed by atoms with Crippen molar-refractivity contribution in [2.45, 2.75) is 20.1 Å². The summed E-state index contributed by atoms with van der Waals surface area (Å²) in [6.45, 7) is 2.97. The van der Waals surface area contributed by atoms with Crippen LogP contribution in [0.3, 0.4) is 0 Å². The Labute approximate surface area is 87.7 Å². The van der Waals surface area contributed by atoms with Crippen LogP contribution in [-0.2, 0) is 13.2 Å². The quantitative estimate of drug-likeness (QED) is 0.809. The molecule has 0 unspecified atom stereocenters. The topological polar surface area (TPSA) is 25.2 Å². The third-order valence-corrected chi connectivity index (χ3v) is 2.67. The molecule has 14 heavy (non-hydrogen) atoms. The fraction of sp³-hybridized carbons (Fsp3) is 0.273. The van der Waals surface area contributed by atoms with Gasteiger partial charge in [0.2, 0.25) is 0 Å². The summed E-state index contributed by atoms with van der Waals surface area (Å²) < 4.78 is 2.07. The first kappa shape index (κ1) is 9.56. The molecule has 0 bridgehead atoms. The van der Waals surface area contributed by atoms with Gasteiger partial charge in [-0.25, -0.2) is 0 Å². The van der Waals surface area contributed by atoms with Crippen LogP contribution in [-0.4, -0.2) is 9.67 Å². The highest BCUT2D eigenvalue weighted by Gasteiger charge is 2.06. The summed E-state index contributed by atoms with van der Waals surface area (Å²) in [5.74, 6) is 0. The molecule has 1 N–H and O–H groups in total. The molecule has 1 aromatic heterocycles.